The lowest BCUT2D eigenvalue weighted by Gasteiger charge is -2.36. The van der Waals surface area contributed by atoms with E-state index >= 15 is 0 Å². The fraction of sp³-hybridized carbons (Fsp3) is 0.290. The largest absolute Gasteiger partial charge is 0.348 e. The van der Waals surface area contributed by atoms with E-state index in [0.29, 0.717) is 35.3 Å². The van der Waals surface area contributed by atoms with Crippen molar-refractivity contribution in [3.05, 3.63) is 106 Å². The van der Waals surface area contributed by atoms with Crippen molar-refractivity contribution >= 4 is 22.9 Å². The van der Waals surface area contributed by atoms with E-state index < -0.39 is 0 Å². The maximum absolute atomic E-state index is 13.1. The van der Waals surface area contributed by atoms with E-state index in [4.69, 9.17) is 9.97 Å². The molecule has 7 heteroatoms. The molecule has 6 rings (SSSR count). The van der Waals surface area contributed by atoms with Gasteiger partial charge in [0.25, 0.3) is 11.5 Å². The Morgan fingerprint density at radius 2 is 1.82 bits per heavy atom. The molecule has 1 fully saturated rings. The van der Waals surface area contributed by atoms with Gasteiger partial charge in [-0.05, 0) is 74.4 Å². The van der Waals surface area contributed by atoms with Gasteiger partial charge in [-0.1, -0.05) is 42.0 Å². The maximum atomic E-state index is 13.1. The highest BCUT2D eigenvalue weighted by Crippen LogP contribution is 2.33. The van der Waals surface area contributed by atoms with Gasteiger partial charge in [0.2, 0.25) is 5.95 Å². The van der Waals surface area contributed by atoms with Crippen LogP contribution in [0.5, 0.6) is 0 Å². The normalized spacial score (nSPS) is 17.1. The van der Waals surface area contributed by atoms with E-state index in [1.54, 1.807) is 41.0 Å². The number of anilines is 1. The standard InChI is InChI=1S/C31H31N5O2/c1-21-27-15-16-28(37)36(26-13-11-24(12-14-26)30(38)32-19-22-7-3-2-4-8-22)29(27)34-31(33-21)35-18-17-23-9-5-6-10-25(23)20-35/h2-4,7-8,10-16,23H,5-6,9,17-20H2,1H3,(H,32,38). The average Bonchev–Trinajstić information content (AvgIpc) is 2.96. The van der Waals surface area contributed by atoms with E-state index in [2.05, 4.69) is 16.3 Å². The second-order valence-electron chi connectivity index (χ2n) is 10.2. The molecule has 1 atom stereocenters. The molecule has 0 spiro atoms. The zero-order valence-electron chi connectivity index (χ0n) is 21.6. The number of nitrogens with zero attached hydrogens (tertiary/aromatic N) is 4. The summed E-state index contributed by atoms with van der Waals surface area (Å²) in [6, 6.07) is 20.2. The van der Waals surface area contributed by atoms with E-state index in [1.807, 2.05) is 37.3 Å². The summed E-state index contributed by atoms with van der Waals surface area (Å²) in [5.41, 5.74) is 4.99. The number of fused-ring (bicyclic) bond motifs is 2. The number of piperidine rings is 1. The zero-order chi connectivity index (χ0) is 26.1. The van der Waals surface area contributed by atoms with Crippen LogP contribution in [0.4, 0.5) is 5.95 Å². The minimum Gasteiger partial charge on any atom is -0.348 e. The quantitative estimate of drug-likeness (QED) is 0.388. The number of aryl methyl sites for hydroxylation is 1. The first-order valence-corrected chi connectivity index (χ1v) is 13.3. The topological polar surface area (TPSA) is 80.1 Å². The second-order valence-corrected chi connectivity index (χ2v) is 10.2. The lowest BCUT2D eigenvalue weighted by Crippen LogP contribution is -2.37. The van der Waals surface area contributed by atoms with Crippen molar-refractivity contribution in [2.24, 2.45) is 5.92 Å². The number of hydrogen-bond donors (Lipinski definition) is 1. The van der Waals surface area contributed by atoms with Crippen LogP contribution in [-0.4, -0.2) is 33.5 Å². The zero-order valence-corrected chi connectivity index (χ0v) is 21.6. The number of benzene rings is 2. The van der Waals surface area contributed by atoms with Crippen LogP contribution in [0.1, 0.15) is 47.3 Å². The van der Waals surface area contributed by atoms with Gasteiger partial charge in [-0.3, -0.25) is 14.2 Å². The lowest BCUT2D eigenvalue weighted by atomic mass is 9.82. The Bertz CT molecular complexity index is 1570. The summed E-state index contributed by atoms with van der Waals surface area (Å²) in [5.74, 6) is 1.19. The molecular weight excluding hydrogens is 474 g/mol. The molecule has 2 aromatic carbocycles. The molecule has 0 bridgehead atoms. The SMILES string of the molecule is Cc1nc(N2CCC3CCCC=C3C2)nc2c1ccc(=O)n2-c1ccc(C(=O)NCc2ccccc2)cc1. The molecule has 0 saturated carbocycles. The van der Waals surface area contributed by atoms with Gasteiger partial charge < -0.3 is 10.2 Å². The van der Waals surface area contributed by atoms with Gasteiger partial charge >= 0.3 is 0 Å². The van der Waals surface area contributed by atoms with Crippen LogP contribution < -0.4 is 15.8 Å². The van der Waals surface area contributed by atoms with Crippen LogP contribution >= 0.6 is 0 Å². The van der Waals surface area contributed by atoms with E-state index in [9.17, 15) is 9.59 Å². The molecule has 1 aliphatic carbocycles. The van der Waals surface area contributed by atoms with Crippen molar-refractivity contribution in [1.29, 1.82) is 0 Å². The maximum Gasteiger partial charge on any atom is 0.256 e. The Labute approximate surface area is 221 Å². The van der Waals surface area contributed by atoms with Crippen LogP contribution in [0.2, 0.25) is 0 Å². The first-order valence-electron chi connectivity index (χ1n) is 13.3. The number of carbonyl (C=O) groups excluding carboxylic acids is 1. The summed E-state index contributed by atoms with van der Waals surface area (Å²) in [5, 5.41) is 3.79. The number of nitrogens with one attached hydrogen (secondary N) is 1. The van der Waals surface area contributed by atoms with Crippen LogP contribution in [0, 0.1) is 12.8 Å². The lowest BCUT2D eigenvalue weighted by molar-refractivity contribution is 0.0951. The molecule has 4 aromatic rings. The monoisotopic (exact) mass is 505 g/mol. The van der Waals surface area contributed by atoms with Crippen LogP contribution in [0.3, 0.4) is 0 Å². The first kappa shape index (κ1) is 24.1. The minimum atomic E-state index is -0.170. The molecule has 2 aliphatic rings. The molecule has 0 radical (unpaired) electrons. The highest BCUT2D eigenvalue weighted by atomic mass is 16.1. The molecular formula is C31H31N5O2. The number of rotatable bonds is 5. The van der Waals surface area contributed by atoms with Crippen LogP contribution in [0.15, 0.2) is 83.2 Å². The molecule has 1 N–H and O–H groups in total. The summed E-state index contributed by atoms with van der Waals surface area (Å²) in [4.78, 5) is 37.8. The fourth-order valence-corrected chi connectivity index (χ4v) is 5.59. The molecule has 1 aliphatic heterocycles. The van der Waals surface area contributed by atoms with Crippen molar-refractivity contribution in [3.63, 3.8) is 0 Å². The molecule has 7 nitrogen and oxygen atoms in total. The number of pyridine rings is 1. The number of aromatic nitrogens is 3. The van der Waals surface area contributed by atoms with Gasteiger partial charge in [0.15, 0.2) is 5.65 Å². The second kappa shape index (κ2) is 10.2. The van der Waals surface area contributed by atoms with Crippen molar-refractivity contribution < 1.29 is 4.79 Å². The van der Waals surface area contributed by atoms with Gasteiger partial charge in [-0.25, -0.2) is 4.98 Å². The first-order chi connectivity index (χ1) is 18.6. The molecule has 192 valence electrons. The smallest absolute Gasteiger partial charge is 0.256 e. The Morgan fingerprint density at radius 3 is 2.63 bits per heavy atom. The molecule has 38 heavy (non-hydrogen) atoms. The third-order valence-electron chi connectivity index (χ3n) is 7.70. The average molecular weight is 506 g/mol. The Morgan fingerprint density at radius 1 is 1.00 bits per heavy atom. The number of carbonyl (C=O) groups is 1. The van der Waals surface area contributed by atoms with Crippen molar-refractivity contribution in [3.8, 4) is 5.69 Å². The Balaban J connectivity index is 1.30. The highest BCUT2D eigenvalue weighted by molar-refractivity contribution is 5.94. The predicted octanol–water partition coefficient (Wildman–Crippen LogP) is 4.96. The highest BCUT2D eigenvalue weighted by Gasteiger charge is 2.27. The molecule has 1 saturated heterocycles. The van der Waals surface area contributed by atoms with Gasteiger partial charge in [-0.2, -0.15) is 4.98 Å². The fourth-order valence-electron chi connectivity index (χ4n) is 5.59. The van der Waals surface area contributed by atoms with E-state index in [1.165, 1.54) is 18.4 Å². The molecule has 3 heterocycles. The Kier molecular flexibility index (Phi) is 6.50. The number of amides is 1. The summed E-state index contributed by atoms with van der Waals surface area (Å²) in [7, 11) is 0. The molecule has 1 unspecified atom stereocenters. The van der Waals surface area contributed by atoms with Crippen LogP contribution in [-0.2, 0) is 6.54 Å². The third-order valence-corrected chi connectivity index (χ3v) is 7.70. The Hall–Kier alpha value is -4.26. The van der Waals surface area contributed by atoms with E-state index in [0.717, 1.165) is 42.6 Å². The summed E-state index contributed by atoms with van der Waals surface area (Å²) in [6.45, 7) is 4.18. The predicted molar refractivity (Wildman–Crippen MR) is 150 cm³/mol. The third kappa shape index (κ3) is 4.72. The van der Waals surface area contributed by atoms with Crippen molar-refractivity contribution in [1.82, 2.24) is 19.9 Å². The number of hydrogen-bond acceptors (Lipinski definition) is 5. The molecule has 2 aromatic heterocycles. The van der Waals surface area contributed by atoms with Crippen molar-refractivity contribution in [2.75, 3.05) is 18.0 Å². The van der Waals surface area contributed by atoms with Crippen molar-refractivity contribution in [2.45, 2.75) is 39.2 Å². The molecule has 1 amide bonds. The summed E-state index contributed by atoms with van der Waals surface area (Å²) in [6.07, 6.45) is 7.21. The summed E-state index contributed by atoms with van der Waals surface area (Å²) >= 11 is 0. The minimum absolute atomic E-state index is 0.161. The van der Waals surface area contributed by atoms with Gasteiger partial charge in [-0.15, -0.1) is 0 Å². The summed E-state index contributed by atoms with van der Waals surface area (Å²) < 4.78 is 1.62. The van der Waals surface area contributed by atoms with Gasteiger partial charge in [0, 0.05) is 36.7 Å². The number of allylic oxidation sites excluding steroid dienone is 1. The van der Waals surface area contributed by atoms with E-state index in [-0.39, 0.29) is 11.5 Å². The van der Waals surface area contributed by atoms with Gasteiger partial charge in [0.1, 0.15) is 0 Å². The van der Waals surface area contributed by atoms with Crippen LogP contribution in [0.25, 0.3) is 16.7 Å². The van der Waals surface area contributed by atoms with Gasteiger partial charge in [0.05, 0.1) is 11.4 Å².